The van der Waals surface area contributed by atoms with E-state index < -0.39 is 4.92 Å². The fraction of sp³-hybridized carbons (Fsp3) is 0.250. The molecule has 7 nitrogen and oxygen atoms in total. The number of nitrogen functional groups attached to an aromatic ring is 1. The predicted octanol–water partition coefficient (Wildman–Crippen LogP) is 4.17. The number of nitrogens with zero attached hydrogens (tertiary/aromatic N) is 2. The van der Waals surface area contributed by atoms with Gasteiger partial charge in [0.1, 0.15) is 5.82 Å². The zero-order valence-electron chi connectivity index (χ0n) is 18.8. The van der Waals surface area contributed by atoms with E-state index in [4.69, 9.17) is 17.3 Å². The Morgan fingerprint density at radius 2 is 1.56 bits per heavy atom. The van der Waals surface area contributed by atoms with Gasteiger partial charge in [0.25, 0.3) is 5.69 Å². The third kappa shape index (κ3) is 9.22. The number of hydrogen-bond donors (Lipinski definition) is 3. The number of halogens is 1. The van der Waals surface area contributed by atoms with Crippen molar-refractivity contribution < 1.29 is 9.31 Å². The first-order valence-corrected chi connectivity index (χ1v) is 10.2. The molecule has 0 aromatic heterocycles. The largest absolute Gasteiger partial charge is 0.398 e. The second-order valence-electron chi connectivity index (χ2n) is 7.11. The van der Waals surface area contributed by atoms with E-state index in [1.807, 2.05) is 45.2 Å². The number of hydrogen-bond acceptors (Lipinski definition) is 6. The highest BCUT2D eigenvalue weighted by atomic mass is 19.1. The molecule has 0 bridgehead atoms. The summed E-state index contributed by atoms with van der Waals surface area (Å²) in [6.07, 6.45) is 0.677. The quantitative estimate of drug-likeness (QED) is 0.236. The summed E-state index contributed by atoms with van der Waals surface area (Å²) in [5.41, 5.74) is 15.7. The SMILES string of the molecule is CCN(C)N.Cc1ccc(F)cc1Cc1ccccc1N.NCc1ccccc1[N+](=O)[O-]. The third-order valence-electron chi connectivity index (χ3n) is 4.65. The van der Waals surface area contributed by atoms with Crippen molar-refractivity contribution in [2.24, 2.45) is 11.6 Å². The Balaban J connectivity index is 0.000000278. The molecule has 0 aliphatic heterocycles. The zero-order valence-corrected chi connectivity index (χ0v) is 18.8. The standard InChI is InChI=1S/C14H14FN.C7H8N2O2.C3H10N2/c1-10-6-7-13(15)9-12(10)8-11-4-2-3-5-14(11)16;8-5-6-3-1-2-4-7(6)9(10)11;1-3-5(2)4/h2-7,9H,8,16H2,1H3;1-4H,5,8H2;3-4H2,1-2H3. The number of nitrogens with two attached hydrogens (primary N) is 3. The van der Waals surface area contributed by atoms with Gasteiger partial charge in [0, 0.05) is 37.5 Å². The van der Waals surface area contributed by atoms with Crippen LogP contribution in [0.1, 0.15) is 29.2 Å². The van der Waals surface area contributed by atoms with E-state index in [1.54, 1.807) is 35.3 Å². The molecule has 0 heterocycles. The van der Waals surface area contributed by atoms with Crippen LogP contribution < -0.4 is 17.3 Å². The molecule has 0 aliphatic carbocycles. The predicted molar refractivity (Wildman–Crippen MR) is 128 cm³/mol. The molecule has 3 aromatic carbocycles. The van der Waals surface area contributed by atoms with Crippen LogP contribution in [0.4, 0.5) is 15.8 Å². The molecule has 0 unspecified atom stereocenters. The van der Waals surface area contributed by atoms with Gasteiger partial charge in [-0.2, -0.15) is 0 Å². The second kappa shape index (κ2) is 13.9. The normalized spacial score (nSPS) is 9.97. The topological polar surface area (TPSA) is 124 Å². The van der Waals surface area contributed by atoms with Crippen LogP contribution >= 0.6 is 0 Å². The highest BCUT2D eigenvalue weighted by Crippen LogP contribution is 2.19. The molecule has 0 saturated carbocycles. The fourth-order valence-electron chi connectivity index (χ4n) is 2.59. The van der Waals surface area contributed by atoms with Crippen molar-refractivity contribution in [1.82, 2.24) is 5.01 Å². The van der Waals surface area contributed by atoms with Crippen LogP contribution in [0.15, 0.2) is 66.7 Å². The van der Waals surface area contributed by atoms with E-state index in [0.717, 1.165) is 28.9 Å². The van der Waals surface area contributed by atoms with Crippen LogP contribution in [0.2, 0.25) is 0 Å². The molecular formula is C24H32FN5O2. The maximum Gasteiger partial charge on any atom is 0.273 e. The number of aryl methyl sites for hydroxylation is 1. The van der Waals surface area contributed by atoms with E-state index in [2.05, 4.69) is 0 Å². The van der Waals surface area contributed by atoms with Gasteiger partial charge in [-0.15, -0.1) is 0 Å². The Labute approximate surface area is 188 Å². The number of nitro groups is 1. The van der Waals surface area contributed by atoms with Gasteiger partial charge in [-0.1, -0.05) is 49.4 Å². The number of hydrazine groups is 1. The lowest BCUT2D eigenvalue weighted by atomic mass is 9.99. The summed E-state index contributed by atoms with van der Waals surface area (Å²) in [7, 11) is 1.83. The summed E-state index contributed by atoms with van der Waals surface area (Å²) in [6, 6.07) is 19.0. The third-order valence-corrected chi connectivity index (χ3v) is 4.65. The van der Waals surface area contributed by atoms with Crippen molar-refractivity contribution in [2.75, 3.05) is 19.3 Å². The fourth-order valence-corrected chi connectivity index (χ4v) is 2.59. The van der Waals surface area contributed by atoms with Gasteiger partial charge in [-0.3, -0.25) is 21.0 Å². The summed E-state index contributed by atoms with van der Waals surface area (Å²) >= 11 is 0. The maximum atomic E-state index is 13.1. The lowest BCUT2D eigenvalue weighted by Gasteiger charge is -2.08. The van der Waals surface area contributed by atoms with E-state index in [-0.39, 0.29) is 18.0 Å². The Morgan fingerprint density at radius 3 is 2.06 bits per heavy atom. The molecule has 0 atom stereocenters. The Hall–Kier alpha value is -3.33. The van der Waals surface area contributed by atoms with Crippen LogP contribution in [-0.2, 0) is 13.0 Å². The highest BCUT2D eigenvalue weighted by Gasteiger charge is 2.09. The van der Waals surface area contributed by atoms with Crippen molar-refractivity contribution >= 4 is 11.4 Å². The van der Waals surface area contributed by atoms with Crippen LogP contribution in [0.5, 0.6) is 0 Å². The minimum Gasteiger partial charge on any atom is -0.398 e. The van der Waals surface area contributed by atoms with Gasteiger partial charge < -0.3 is 11.5 Å². The molecular weight excluding hydrogens is 409 g/mol. The Morgan fingerprint density at radius 1 is 1.00 bits per heavy atom. The Kier molecular flexibility index (Phi) is 11.6. The summed E-state index contributed by atoms with van der Waals surface area (Å²) < 4.78 is 13.1. The maximum absolute atomic E-state index is 13.1. The highest BCUT2D eigenvalue weighted by molar-refractivity contribution is 5.49. The molecule has 0 saturated heterocycles. The summed E-state index contributed by atoms with van der Waals surface area (Å²) in [6.45, 7) is 5.10. The van der Waals surface area contributed by atoms with Gasteiger partial charge in [0.05, 0.1) is 4.92 Å². The number of para-hydroxylation sites is 2. The van der Waals surface area contributed by atoms with E-state index in [1.165, 1.54) is 12.1 Å². The first-order chi connectivity index (χ1) is 15.2. The van der Waals surface area contributed by atoms with Gasteiger partial charge in [0.2, 0.25) is 0 Å². The molecule has 32 heavy (non-hydrogen) atoms. The molecule has 0 radical (unpaired) electrons. The van der Waals surface area contributed by atoms with E-state index in [0.29, 0.717) is 12.0 Å². The van der Waals surface area contributed by atoms with Gasteiger partial charge >= 0.3 is 0 Å². The minimum atomic E-state index is -0.428. The monoisotopic (exact) mass is 441 g/mol. The molecule has 6 N–H and O–H groups in total. The molecule has 0 spiro atoms. The second-order valence-corrected chi connectivity index (χ2v) is 7.11. The molecule has 3 aromatic rings. The van der Waals surface area contributed by atoms with Crippen LogP contribution in [-0.4, -0.2) is 23.5 Å². The number of rotatable bonds is 5. The van der Waals surface area contributed by atoms with Gasteiger partial charge in [0.15, 0.2) is 0 Å². The molecule has 8 heteroatoms. The number of anilines is 1. The summed E-state index contributed by atoms with van der Waals surface area (Å²) in [5.74, 6) is 4.93. The van der Waals surface area contributed by atoms with E-state index in [9.17, 15) is 14.5 Å². The van der Waals surface area contributed by atoms with Crippen LogP contribution in [0, 0.1) is 22.9 Å². The molecule has 172 valence electrons. The zero-order chi connectivity index (χ0) is 24.1. The average Bonchev–Trinajstić information content (AvgIpc) is 2.78. The van der Waals surface area contributed by atoms with Gasteiger partial charge in [-0.05, 0) is 48.2 Å². The molecule has 3 rings (SSSR count). The van der Waals surface area contributed by atoms with Crippen molar-refractivity contribution in [2.45, 2.75) is 26.8 Å². The van der Waals surface area contributed by atoms with Crippen molar-refractivity contribution in [3.05, 3.63) is 105 Å². The van der Waals surface area contributed by atoms with Crippen LogP contribution in [0.25, 0.3) is 0 Å². The first-order valence-electron chi connectivity index (χ1n) is 10.2. The smallest absolute Gasteiger partial charge is 0.273 e. The van der Waals surface area contributed by atoms with Crippen molar-refractivity contribution in [3.63, 3.8) is 0 Å². The minimum absolute atomic E-state index is 0.0926. The number of benzene rings is 3. The molecule has 0 amide bonds. The number of nitro benzene ring substituents is 1. The molecule has 0 aliphatic rings. The van der Waals surface area contributed by atoms with E-state index >= 15 is 0 Å². The molecule has 0 fully saturated rings. The summed E-state index contributed by atoms with van der Waals surface area (Å²) in [5, 5.41) is 12.0. The van der Waals surface area contributed by atoms with Crippen molar-refractivity contribution in [1.29, 1.82) is 0 Å². The Bertz CT molecular complexity index is 996. The van der Waals surface area contributed by atoms with Crippen molar-refractivity contribution in [3.8, 4) is 0 Å². The summed E-state index contributed by atoms with van der Waals surface area (Å²) in [4.78, 5) is 9.90. The average molecular weight is 442 g/mol. The first kappa shape index (κ1) is 26.7. The lowest BCUT2D eigenvalue weighted by Crippen LogP contribution is -2.24. The lowest BCUT2D eigenvalue weighted by molar-refractivity contribution is -0.385. The van der Waals surface area contributed by atoms with Gasteiger partial charge in [-0.25, -0.2) is 4.39 Å². The van der Waals surface area contributed by atoms with Crippen LogP contribution in [0.3, 0.4) is 0 Å².